The predicted molar refractivity (Wildman–Crippen MR) is 205 cm³/mol. The molecule has 4 nitrogen and oxygen atoms in total. The molecule has 0 atom stereocenters. The molecule has 228 valence electrons. The summed E-state index contributed by atoms with van der Waals surface area (Å²) in [6.45, 7) is 0. The van der Waals surface area contributed by atoms with Gasteiger partial charge in [-0.15, -0.1) is 11.3 Å². The maximum absolute atomic E-state index is 6.35. The molecule has 5 heteroatoms. The van der Waals surface area contributed by atoms with E-state index in [9.17, 15) is 0 Å². The second-order valence-corrected chi connectivity index (χ2v) is 13.6. The first-order chi connectivity index (χ1) is 24.3. The molecule has 0 spiro atoms. The van der Waals surface area contributed by atoms with E-state index in [1.165, 1.54) is 31.3 Å². The number of para-hydroxylation sites is 3. The highest BCUT2D eigenvalue weighted by molar-refractivity contribution is 7.26. The average molecular weight is 644 g/mol. The number of nitrogens with zero attached hydrogens (tertiary/aromatic N) is 3. The van der Waals surface area contributed by atoms with Crippen LogP contribution < -0.4 is 0 Å². The molecule has 4 heterocycles. The number of fused-ring (bicyclic) bond motifs is 11. The van der Waals surface area contributed by atoms with Gasteiger partial charge in [-0.1, -0.05) is 115 Å². The molecule has 0 radical (unpaired) electrons. The SMILES string of the molecule is c1ccc2c(-c3ccc(-c4cccc5c4sc4ccccc45)cc3)nc(-n3c4ccccc4c4ccc5oc6ccccc6c5c43)nc2c1. The number of hydrogen-bond acceptors (Lipinski definition) is 4. The summed E-state index contributed by atoms with van der Waals surface area (Å²) in [6.07, 6.45) is 0. The van der Waals surface area contributed by atoms with Crippen LogP contribution >= 0.6 is 11.3 Å². The minimum atomic E-state index is 0.636. The lowest BCUT2D eigenvalue weighted by molar-refractivity contribution is 0.669. The van der Waals surface area contributed by atoms with Crippen LogP contribution in [0.5, 0.6) is 0 Å². The molecule has 11 aromatic rings. The lowest BCUT2D eigenvalue weighted by Crippen LogP contribution is -2.03. The van der Waals surface area contributed by atoms with Gasteiger partial charge in [0.1, 0.15) is 11.2 Å². The number of benzene rings is 7. The number of hydrogen-bond donors (Lipinski definition) is 0. The first-order valence-electron chi connectivity index (χ1n) is 16.4. The molecule has 0 aliphatic rings. The van der Waals surface area contributed by atoms with E-state index < -0.39 is 0 Å². The van der Waals surface area contributed by atoms with Gasteiger partial charge in [0.05, 0.1) is 27.6 Å². The number of furan rings is 1. The zero-order valence-electron chi connectivity index (χ0n) is 26.1. The molecule has 49 heavy (non-hydrogen) atoms. The number of thiophene rings is 1. The van der Waals surface area contributed by atoms with Gasteiger partial charge < -0.3 is 4.42 Å². The third-order valence-electron chi connectivity index (χ3n) is 9.84. The Bertz CT molecular complexity index is 3110. The molecule has 0 N–H and O–H groups in total. The van der Waals surface area contributed by atoms with Crippen molar-refractivity contribution in [3.05, 3.63) is 152 Å². The fourth-order valence-electron chi connectivity index (χ4n) is 7.64. The minimum Gasteiger partial charge on any atom is -0.456 e. The van der Waals surface area contributed by atoms with Crippen LogP contribution in [0, 0.1) is 0 Å². The average Bonchev–Trinajstić information content (AvgIpc) is 3.84. The third kappa shape index (κ3) is 3.85. The van der Waals surface area contributed by atoms with Gasteiger partial charge in [0, 0.05) is 47.3 Å². The summed E-state index contributed by atoms with van der Waals surface area (Å²) in [7, 11) is 0. The lowest BCUT2D eigenvalue weighted by Gasteiger charge is -2.12. The Kier molecular flexibility index (Phi) is 5.51. The number of rotatable bonds is 3. The fourth-order valence-corrected chi connectivity index (χ4v) is 8.88. The van der Waals surface area contributed by atoms with Gasteiger partial charge in [0.15, 0.2) is 0 Å². The van der Waals surface area contributed by atoms with Gasteiger partial charge in [0.25, 0.3) is 0 Å². The van der Waals surface area contributed by atoms with E-state index in [0.29, 0.717) is 5.95 Å². The van der Waals surface area contributed by atoms with Crippen LogP contribution in [-0.4, -0.2) is 14.5 Å². The zero-order valence-corrected chi connectivity index (χ0v) is 26.9. The topological polar surface area (TPSA) is 43.9 Å². The molecule has 11 rings (SSSR count). The van der Waals surface area contributed by atoms with E-state index in [2.05, 4.69) is 138 Å². The largest absolute Gasteiger partial charge is 0.456 e. The van der Waals surface area contributed by atoms with Gasteiger partial charge in [-0.3, -0.25) is 4.57 Å². The molecule has 4 aromatic heterocycles. The second kappa shape index (κ2) is 10.1. The van der Waals surface area contributed by atoms with Crippen molar-refractivity contribution in [3.8, 4) is 28.3 Å². The molecular weight excluding hydrogens is 619 g/mol. The van der Waals surface area contributed by atoms with Crippen LogP contribution in [0.1, 0.15) is 0 Å². The zero-order chi connectivity index (χ0) is 32.1. The quantitative estimate of drug-likeness (QED) is 0.192. The molecule has 0 fully saturated rings. The standard InChI is InChI=1S/C44H25N3OS/c1-5-16-35-33(12-1)41(27-22-20-26(21-23-27)28-14-9-15-32-30-11-4-8-19-39(30)49-43(28)32)46-44(45-35)47-36-17-6-2-10-29(36)31-24-25-38-40(42(31)47)34-13-3-7-18-37(34)48-38/h1-25H. The van der Waals surface area contributed by atoms with E-state index in [-0.39, 0.29) is 0 Å². The summed E-state index contributed by atoms with van der Waals surface area (Å²) in [5.41, 5.74) is 9.12. The maximum atomic E-state index is 6.35. The van der Waals surface area contributed by atoms with Crippen molar-refractivity contribution in [2.75, 3.05) is 0 Å². The van der Waals surface area contributed by atoms with Crippen molar-refractivity contribution in [2.24, 2.45) is 0 Å². The Balaban J connectivity index is 1.15. The van der Waals surface area contributed by atoms with E-state index in [4.69, 9.17) is 14.4 Å². The first-order valence-corrected chi connectivity index (χ1v) is 17.2. The second-order valence-electron chi connectivity index (χ2n) is 12.5. The maximum Gasteiger partial charge on any atom is 0.235 e. The molecule has 0 aliphatic carbocycles. The van der Waals surface area contributed by atoms with Gasteiger partial charge in [0.2, 0.25) is 5.95 Å². The molecule has 0 unspecified atom stereocenters. The summed E-state index contributed by atoms with van der Waals surface area (Å²) in [4.78, 5) is 10.6. The van der Waals surface area contributed by atoms with Crippen LogP contribution in [0.2, 0.25) is 0 Å². The van der Waals surface area contributed by atoms with Crippen molar-refractivity contribution in [3.63, 3.8) is 0 Å². The van der Waals surface area contributed by atoms with Crippen LogP contribution in [0.3, 0.4) is 0 Å². The third-order valence-corrected chi connectivity index (χ3v) is 11.1. The van der Waals surface area contributed by atoms with Crippen molar-refractivity contribution in [1.82, 2.24) is 14.5 Å². The van der Waals surface area contributed by atoms with Gasteiger partial charge >= 0.3 is 0 Å². The van der Waals surface area contributed by atoms with Gasteiger partial charge in [-0.25, -0.2) is 9.97 Å². The molecule has 7 aromatic carbocycles. The Labute approximate surface area is 284 Å². The fraction of sp³-hybridized carbons (Fsp3) is 0. The smallest absolute Gasteiger partial charge is 0.235 e. The van der Waals surface area contributed by atoms with Crippen LogP contribution in [0.25, 0.3) is 103 Å². The molecule has 0 saturated heterocycles. The predicted octanol–water partition coefficient (Wildman–Crippen LogP) is 12.3. The van der Waals surface area contributed by atoms with Gasteiger partial charge in [-0.05, 0) is 47.5 Å². The summed E-state index contributed by atoms with van der Waals surface area (Å²) >= 11 is 1.86. The summed E-state index contributed by atoms with van der Waals surface area (Å²) in [6, 6.07) is 53.5. The van der Waals surface area contributed by atoms with E-state index in [1.54, 1.807) is 0 Å². The first kappa shape index (κ1) is 26.7. The van der Waals surface area contributed by atoms with Crippen molar-refractivity contribution in [1.29, 1.82) is 0 Å². The molecule has 0 aliphatic heterocycles. The van der Waals surface area contributed by atoms with Crippen LogP contribution in [-0.2, 0) is 0 Å². The molecular formula is C44H25N3OS. The highest BCUT2D eigenvalue weighted by atomic mass is 32.1. The Morgan fingerprint density at radius 3 is 2.10 bits per heavy atom. The summed E-state index contributed by atoms with van der Waals surface area (Å²) < 4.78 is 11.2. The molecule has 0 amide bonds. The normalized spacial score (nSPS) is 12.1. The Hall–Kier alpha value is -6.30. The van der Waals surface area contributed by atoms with Gasteiger partial charge in [-0.2, -0.15) is 0 Å². The summed E-state index contributed by atoms with van der Waals surface area (Å²) in [5, 5.41) is 8.09. The lowest BCUT2D eigenvalue weighted by atomic mass is 9.99. The van der Waals surface area contributed by atoms with E-state index >= 15 is 0 Å². The highest BCUT2D eigenvalue weighted by Crippen LogP contribution is 2.42. The van der Waals surface area contributed by atoms with E-state index in [0.717, 1.165) is 65.9 Å². The van der Waals surface area contributed by atoms with Crippen molar-refractivity contribution >= 4 is 86.2 Å². The highest BCUT2D eigenvalue weighted by Gasteiger charge is 2.21. The van der Waals surface area contributed by atoms with Crippen molar-refractivity contribution < 1.29 is 4.42 Å². The summed E-state index contributed by atoms with van der Waals surface area (Å²) in [5.74, 6) is 0.636. The minimum absolute atomic E-state index is 0.636. The Morgan fingerprint density at radius 2 is 1.20 bits per heavy atom. The number of aromatic nitrogens is 3. The van der Waals surface area contributed by atoms with Crippen LogP contribution in [0.15, 0.2) is 156 Å². The monoisotopic (exact) mass is 643 g/mol. The molecule has 0 saturated carbocycles. The van der Waals surface area contributed by atoms with Crippen LogP contribution in [0.4, 0.5) is 0 Å². The van der Waals surface area contributed by atoms with Crippen molar-refractivity contribution in [2.45, 2.75) is 0 Å². The molecule has 0 bridgehead atoms. The van der Waals surface area contributed by atoms with E-state index in [1.807, 2.05) is 29.5 Å². The Morgan fingerprint density at radius 1 is 0.490 bits per heavy atom.